The molecule has 0 fully saturated rings. The van der Waals surface area contributed by atoms with Gasteiger partial charge in [0.1, 0.15) is 0 Å². The monoisotopic (exact) mass is 281 g/mol. The Hall–Kier alpha value is -1.76. The van der Waals surface area contributed by atoms with Crippen LogP contribution < -0.4 is 5.32 Å². The van der Waals surface area contributed by atoms with E-state index in [2.05, 4.69) is 83.8 Å². The number of hydrogen-bond donors (Lipinski definition) is 1. The van der Waals surface area contributed by atoms with Gasteiger partial charge in [0, 0.05) is 17.5 Å². The van der Waals surface area contributed by atoms with Gasteiger partial charge in [-0.15, -0.1) is 0 Å². The van der Waals surface area contributed by atoms with Gasteiger partial charge in [0.15, 0.2) is 0 Å². The molecule has 0 radical (unpaired) electrons. The third kappa shape index (κ3) is 3.47. The first-order valence-corrected chi connectivity index (χ1v) is 7.58. The van der Waals surface area contributed by atoms with Gasteiger partial charge in [-0.05, 0) is 45.7 Å². The molecule has 1 heterocycles. The van der Waals surface area contributed by atoms with Gasteiger partial charge >= 0.3 is 0 Å². The van der Waals surface area contributed by atoms with Gasteiger partial charge in [-0.3, -0.25) is 0 Å². The normalized spacial score (nSPS) is 19.7. The van der Waals surface area contributed by atoms with E-state index in [0.717, 1.165) is 11.3 Å². The van der Waals surface area contributed by atoms with E-state index in [1.807, 2.05) is 6.20 Å². The number of hydrogen-bond acceptors (Lipinski definition) is 1. The van der Waals surface area contributed by atoms with Crippen molar-refractivity contribution in [2.45, 2.75) is 47.0 Å². The summed E-state index contributed by atoms with van der Waals surface area (Å²) in [5.41, 5.74) is 6.25. The maximum atomic E-state index is 4.29. The van der Waals surface area contributed by atoms with Crippen LogP contribution in [0.1, 0.15) is 52.7 Å². The molecule has 0 spiro atoms. The molecule has 1 aromatic rings. The summed E-state index contributed by atoms with van der Waals surface area (Å²) in [5, 5.41) is 3.39. The lowest BCUT2D eigenvalue weighted by molar-refractivity contribution is 0.517. The van der Waals surface area contributed by atoms with Gasteiger partial charge in [0.05, 0.1) is 0 Å². The Balaban J connectivity index is 2.54. The second-order valence-corrected chi connectivity index (χ2v) is 7.86. The van der Waals surface area contributed by atoms with Crippen molar-refractivity contribution >= 4 is 11.3 Å². The summed E-state index contributed by atoms with van der Waals surface area (Å²) in [6.45, 7) is 17.7. The summed E-state index contributed by atoms with van der Waals surface area (Å²) in [5.74, 6) is 0. The average molecular weight is 281 g/mol. The highest BCUT2D eigenvalue weighted by molar-refractivity contribution is 5.83. The van der Waals surface area contributed by atoms with Crippen molar-refractivity contribution in [3.8, 4) is 0 Å². The molecule has 0 saturated heterocycles. The smallest absolute Gasteiger partial charge is 0.0459 e. The van der Waals surface area contributed by atoms with E-state index >= 15 is 0 Å². The summed E-state index contributed by atoms with van der Waals surface area (Å²) in [6.07, 6.45) is 6.38. The molecule has 1 aromatic carbocycles. The maximum Gasteiger partial charge on any atom is 0.0459 e. The average Bonchev–Trinajstić information content (AvgIpc) is 2.32. The van der Waals surface area contributed by atoms with E-state index in [1.165, 1.54) is 16.7 Å². The second-order valence-electron chi connectivity index (χ2n) is 7.86. The Morgan fingerprint density at radius 3 is 2.19 bits per heavy atom. The predicted octanol–water partition coefficient (Wildman–Crippen LogP) is 5.91. The third-order valence-corrected chi connectivity index (χ3v) is 3.93. The Morgan fingerprint density at radius 2 is 1.62 bits per heavy atom. The minimum absolute atomic E-state index is 0.111. The van der Waals surface area contributed by atoms with Crippen LogP contribution in [0.25, 0.3) is 5.57 Å². The first kappa shape index (κ1) is 15.6. The molecular formula is C20H27N. The molecule has 0 amide bonds. The van der Waals surface area contributed by atoms with Gasteiger partial charge in [0.2, 0.25) is 0 Å². The lowest BCUT2D eigenvalue weighted by atomic mass is 9.82. The van der Waals surface area contributed by atoms with Gasteiger partial charge in [-0.25, -0.2) is 0 Å². The predicted molar refractivity (Wildman–Crippen MR) is 94.5 cm³/mol. The zero-order chi connectivity index (χ0) is 15.8. The van der Waals surface area contributed by atoms with Gasteiger partial charge in [-0.2, -0.15) is 0 Å². The largest absolute Gasteiger partial charge is 0.361 e. The first-order chi connectivity index (χ1) is 9.59. The number of benzene rings is 1. The number of rotatable bonds is 0. The highest BCUT2D eigenvalue weighted by atomic mass is 14.8. The Kier molecular flexibility index (Phi) is 3.88. The van der Waals surface area contributed by atoms with Crippen LogP contribution in [0.4, 0.5) is 5.69 Å². The summed E-state index contributed by atoms with van der Waals surface area (Å²) < 4.78 is 0. The Bertz CT molecular complexity index is 616. The van der Waals surface area contributed by atoms with Crippen LogP contribution in [0.15, 0.2) is 48.7 Å². The van der Waals surface area contributed by atoms with Crippen LogP contribution in [0.5, 0.6) is 0 Å². The van der Waals surface area contributed by atoms with Crippen molar-refractivity contribution in [2.24, 2.45) is 5.41 Å². The summed E-state index contributed by atoms with van der Waals surface area (Å²) >= 11 is 0. The van der Waals surface area contributed by atoms with E-state index in [-0.39, 0.29) is 10.8 Å². The van der Waals surface area contributed by atoms with Crippen molar-refractivity contribution in [1.29, 1.82) is 0 Å². The molecule has 1 nitrogen and oxygen atoms in total. The quantitative estimate of drug-likeness (QED) is 0.623. The number of nitrogens with one attached hydrogen (secondary N) is 1. The molecule has 0 aromatic heterocycles. The molecule has 1 heteroatoms. The molecule has 1 N–H and O–H groups in total. The summed E-state index contributed by atoms with van der Waals surface area (Å²) in [4.78, 5) is 0. The van der Waals surface area contributed by atoms with Gasteiger partial charge in [-0.1, -0.05) is 60.3 Å². The molecule has 0 unspecified atom stereocenters. The fraction of sp³-hybridized carbons (Fsp3) is 0.400. The number of allylic oxidation sites excluding steroid dienone is 4. The SMILES string of the molecule is C=C1/C=C(C(C)(C)C)\C=C/Nc2ccc(C(C)(C)C)cc21. The lowest BCUT2D eigenvalue weighted by Gasteiger charge is -2.25. The minimum atomic E-state index is 0.111. The fourth-order valence-corrected chi connectivity index (χ4v) is 2.40. The fourth-order valence-electron chi connectivity index (χ4n) is 2.40. The standard InChI is InChI=1S/C20H27N/c1-14-12-16(20(5,6)7)10-11-21-18-9-8-15(13-17(14)18)19(2,3)4/h8-13,21H,1H2,2-7H3/b11-10-,16-12+. The second kappa shape index (κ2) is 5.22. The zero-order valence-electron chi connectivity index (χ0n) is 14.2. The Morgan fingerprint density at radius 1 is 0.952 bits per heavy atom. The Labute approximate surface area is 129 Å². The van der Waals surface area contributed by atoms with E-state index in [0.29, 0.717) is 0 Å². The van der Waals surface area contributed by atoms with Crippen molar-refractivity contribution in [1.82, 2.24) is 0 Å². The van der Waals surface area contributed by atoms with Gasteiger partial charge < -0.3 is 5.32 Å². The molecule has 1 aliphatic rings. The van der Waals surface area contributed by atoms with Crippen molar-refractivity contribution in [3.05, 3.63) is 59.8 Å². The van der Waals surface area contributed by atoms with Crippen LogP contribution >= 0.6 is 0 Å². The lowest BCUT2D eigenvalue weighted by Crippen LogP contribution is -2.13. The van der Waals surface area contributed by atoms with E-state index in [4.69, 9.17) is 0 Å². The van der Waals surface area contributed by atoms with Gasteiger partial charge in [0.25, 0.3) is 0 Å². The summed E-state index contributed by atoms with van der Waals surface area (Å²) in [7, 11) is 0. The number of fused-ring (bicyclic) bond motifs is 1. The maximum absolute atomic E-state index is 4.29. The molecule has 0 atom stereocenters. The molecule has 112 valence electrons. The van der Waals surface area contributed by atoms with E-state index in [1.54, 1.807) is 0 Å². The van der Waals surface area contributed by atoms with Crippen LogP contribution in [0.2, 0.25) is 0 Å². The molecule has 0 aliphatic carbocycles. The van der Waals surface area contributed by atoms with Crippen molar-refractivity contribution in [2.75, 3.05) is 5.32 Å². The molecule has 0 saturated carbocycles. The van der Waals surface area contributed by atoms with Crippen molar-refractivity contribution in [3.63, 3.8) is 0 Å². The van der Waals surface area contributed by atoms with E-state index in [9.17, 15) is 0 Å². The zero-order valence-corrected chi connectivity index (χ0v) is 14.2. The van der Waals surface area contributed by atoms with Crippen LogP contribution in [-0.4, -0.2) is 0 Å². The van der Waals surface area contributed by atoms with Crippen molar-refractivity contribution < 1.29 is 0 Å². The first-order valence-electron chi connectivity index (χ1n) is 7.58. The number of anilines is 1. The molecular weight excluding hydrogens is 254 g/mol. The topological polar surface area (TPSA) is 12.0 Å². The molecule has 2 rings (SSSR count). The molecule has 21 heavy (non-hydrogen) atoms. The highest BCUT2D eigenvalue weighted by Gasteiger charge is 2.19. The van der Waals surface area contributed by atoms with Crippen LogP contribution in [-0.2, 0) is 5.41 Å². The minimum Gasteiger partial charge on any atom is -0.361 e. The van der Waals surface area contributed by atoms with E-state index < -0.39 is 0 Å². The highest BCUT2D eigenvalue weighted by Crippen LogP contribution is 2.35. The molecule has 1 aliphatic heterocycles. The van der Waals surface area contributed by atoms with Crippen LogP contribution in [0.3, 0.4) is 0 Å². The molecule has 0 bridgehead atoms. The third-order valence-electron chi connectivity index (χ3n) is 3.93. The summed E-state index contributed by atoms with van der Waals surface area (Å²) in [6, 6.07) is 6.62. The van der Waals surface area contributed by atoms with Crippen LogP contribution in [0, 0.1) is 5.41 Å².